The van der Waals surface area contributed by atoms with Crippen LogP contribution < -0.4 is 9.62 Å². The number of hydrogen-bond acceptors (Lipinski definition) is 4. The molecule has 1 N–H and O–H groups in total. The van der Waals surface area contributed by atoms with Gasteiger partial charge in [0.25, 0.3) is 10.0 Å². The number of nitrogens with one attached hydrogen (secondary N) is 1. The Bertz CT molecular complexity index is 1460. The fourth-order valence-electron chi connectivity index (χ4n) is 5.11. The minimum absolute atomic E-state index is 0.0643. The van der Waals surface area contributed by atoms with Crippen LogP contribution in [0.2, 0.25) is 5.02 Å². The molecule has 1 fully saturated rings. The van der Waals surface area contributed by atoms with Gasteiger partial charge in [0, 0.05) is 17.6 Å². The third-order valence-electron chi connectivity index (χ3n) is 7.34. The largest absolute Gasteiger partial charge is 0.352 e. The van der Waals surface area contributed by atoms with Crippen LogP contribution in [0.15, 0.2) is 77.7 Å². The van der Waals surface area contributed by atoms with Gasteiger partial charge in [0.2, 0.25) is 11.8 Å². The topological polar surface area (TPSA) is 86.8 Å². The molecule has 0 unspecified atom stereocenters. The molecule has 3 aromatic rings. The smallest absolute Gasteiger partial charge is 0.264 e. The van der Waals surface area contributed by atoms with E-state index in [9.17, 15) is 18.0 Å². The number of carbonyl (C=O) groups excluding carboxylic acids is 2. The molecule has 0 heterocycles. The zero-order valence-corrected chi connectivity index (χ0v) is 24.7. The van der Waals surface area contributed by atoms with Crippen LogP contribution in [0, 0.1) is 13.8 Å². The highest BCUT2D eigenvalue weighted by molar-refractivity contribution is 7.92. The minimum Gasteiger partial charge on any atom is -0.352 e. The molecule has 1 aliphatic carbocycles. The molecule has 1 atom stereocenters. The molecule has 0 aliphatic heterocycles. The molecule has 1 saturated carbocycles. The van der Waals surface area contributed by atoms with Gasteiger partial charge in [-0.2, -0.15) is 0 Å². The summed E-state index contributed by atoms with van der Waals surface area (Å²) in [7, 11) is -4.12. The molecule has 0 saturated heterocycles. The van der Waals surface area contributed by atoms with Gasteiger partial charge in [-0.1, -0.05) is 72.5 Å². The molecule has 0 radical (unpaired) electrons. The Labute approximate surface area is 242 Å². The van der Waals surface area contributed by atoms with Crippen LogP contribution in [0.4, 0.5) is 5.69 Å². The molecule has 0 spiro atoms. The maximum absolute atomic E-state index is 14.1. The second-order valence-corrected chi connectivity index (χ2v) is 12.7. The molecule has 2 amide bonds. The van der Waals surface area contributed by atoms with Crippen LogP contribution in [0.1, 0.15) is 49.3 Å². The van der Waals surface area contributed by atoms with E-state index >= 15 is 0 Å². The van der Waals surface area contributed by atoms with E-state index in [4.69, 9.17) is 11.6 Å². The van der Waals surface area contributed by atoms with E-state index in [0.717, 1.165) is 41.1 Å². The van der Waals surface area contributed by atoms with Gasteiger partial charge in [0.15, 0.2) is 0 Å². The van der Waals surface area contributed by atoms with E-state index in [-0.39, 0.29) is 23.4 Å². The maximum Gasteiger partial charge on any atom is 0.264 e. The number of anilines is 1. The number of halogens is 1. The van der Waals surface area contributed by atoms with Crippen LogP contribution in [0.3, 0.4) is 0 Å². The fraction of sp³-hybridized carbons (Fsp3) is 0.355. The number of amides is 2. The minimum atomic E-state index is -4.12. The van der Waals surface area contributed by atoms with Crippen molar-refractivity contribution in [1.82, 2.24) is 10.2 Å². The summed E-state index contributed by atoms with van der Waals surface area (Å²) in [5.41, 5.74) is 2.84. The number of sulfonamides is 1. The highest BCUT2D eigenvalue weighted by Crippen LogP contribution is 2.29. The number of nitrogens with zero attached hydrogens (tertiary/aromatic N) is 2. The van der Waals surface area contributed by atoms with Crippen molar-refractivity contribution in [3.63, 3.8) is 0 Å². The van der Waals surface area contributed by atoms with Crippen LogP contribution in [-0.4, -0.2) is 43.8 Å². The van der Waals surface area contributed by atoms with Gasteiger partial charge in [0.05, 0.1) is 10.6 Å². The summed E-state index contributed by atoms with van der Waals surface area (Å²) in [5.74, 6) is -0.725. The maximum atomic E-state index is 14.1. The Morgan fingerprint density at radius 2 is 1.68 bits per heavy atom. The molecule has 3 aromatic carbocycles. The first-order chi connectivity index (χ1) is 19.1. The molecular formula is C31H36ClN3O4S. The van der Waals surface area contributed by atoms with Gasteiger partial charge in [0.1, 0.15) is 12.6 Å². The number of carbonyl (C=O) groups is 2. The standard InChI is InChI=1S/C31H36ClN3O4S/c1-22-10-9-11-25(18-22)20-34(24(3)31(37)33-27-12-7-8-13-27)30(36)21-35(29-17-16-26(32)19-23(29)2)40(38,39)28-14-5-4-6-15-28/h4-6,9-11,14-19,24,27H,7-8,12-13,20-21H2,1-3H3,(H,33,37)/t24-/m0/s1. The Morgan fingerprint density at radius 3 is 2.33 bits per heavy atom. The summed E-state index contributed by atoms with van der Waals surface area (Å²) in [6.45, 7) is 5.09. The second-order valence-electron chi connectivity index (χ2n) is 10.4. The normalized spacial score (nSPS) is 14.5. The Hall–Kier alpha value is -3.36. The van der Waals surface area contributed by atoms with Crippen molar-refractivity contribution in [1.29, 1.82) is 0 Å². The second kappa shape index (κ2) is 12.9. The predicted molar refractivity (Wildman–Crippen MR) is 159 cm³/mol. The summed E-state index contributed by atoms with van der Waals surface area (Å²) >= 11 is 6.17. The van der Waals surface area contributed by atoms with Crippen LogP contribution in [-0.2, 0) is 26.2 Å². The van der Waals surface area contributed by atoms with Crippen molar-refractivity contribution in [3.05, 3.63) is 94.5 Å². The van der Waals surface area contributed by atoms with E-state index in [1.54, 1.807) is 50.2 Å². The van der Waals surface area contributed by atoms with Crippen molar-refractivity contribution in [2.24, 2.45) is 0 Å². The van der Waals surface area contributed by atoms with Gasteiger partial charge in [-0.15, -0.1) is 0 Å². The Kier molecular flexibility index (Phi) is 9.53. The number of aryl methyl sites for hydroxylation is 2. The van der Waals surface area contributed by atoms with Gasteiger partial charge in [-0.05, 0) is 75.1 Å². The predicted octanol–water partition coefficient (Wildman–Crippen LogP) is 5.63. The molecule has 0 bridgehead atoms. The molecule has 4 rings (SSSR count). The van der Waals surface area contributed by atoms with E-state index in [1.165, 1.54) is 17.0 Å². The summed E-state index contributed by atoms with van der Waals surface area (Å²) in [4.78, 5) is 28.9. The first-order valence-corrected chi connectivity index (χ1v) is 15.4. The molecule has 0 aromatic heterocycles. The van der Waals surface area contributed by atoms with E-state index in [2.05, 4.69) is 5.32 Å². The SMILES string of the molecule is Cc1cccc(CN(C(=O)CN(c2ccc(Cl)cc2C)S(=O)(=O)c2ccccc2)[C@@H](C)C(=O)NC2CCCC2)c1. The van der Waals surface area contributed by atoms with Crippen molar-refractivity contribution in [2.75, 3.05) is 10.8 Å². The zero-order chi connectivity index (χ0) is 28.9. The van der Waals surface area contributed by atoms with E-state index in [1.807, 2.05) is 31.2 Å². The number of hydrogen-bond donors (Lipinski definition) is 1. The molecule has 40 heavy (non-hydrogen) atoms. The molecule has 1 aliphatic rings. The summed E-state index contributed by atoms with van der Waals surface area (Å²) in [6.07, 6.45) is 3.97. The molecule has 9 heteroatoms. The highest BCUT2D eigenvalue weighted by Gasteiger charge is 2.33. The van der Waals surface area contributed by atoms with Gasteiger partial charge in [-0.3, -0.25) is 13.9 Å². The van der Waals surface area contributed by atoms with Crippen LogP contribution >= 0.6 is 11.6 Å². The summed E-state index contributed by atoms with van der Waals surface area (Å²) in [6, 6.07) is 19.9. The lowest BCUT2D eigenvalue weighted by Gasteiger charge is -2.33. The van der Waals surface area contributed by atoms with Crippen molar-refractivity contribution >= 4 is 39.1 Å². The van der Waals surface area contributed by atoms with E-state index < -0.39 is 28.5 Å². The first-order valence-electron chi connectivity index (χ1n) is 13.6. The molecule has 7 nitrogen and oxygen atoms in total. The van der Waals surface area contributed by atoms with Gasteiger partial charge in [-0.25, -0.2) is 8.42 Å². The average Bonchev–Trinajstić information content (AvgIpc) is 3.44. The molecule has 212 valence electrons. The summed E-state index contributed by atoms with van der Waals surface area (Å²) in [5, 5.41) is 3.55. The van der Waals surface area contributed by atoms with Crippen LogP contribution in [0.5, 0.6) is 0 Å². The average molecular weight is 582 g/mol. The summed E-state index contributed by atoms with van der Waals surface area (Å²) < 4.78 is 28.9. The number of rotatable bonds is 10. The molecular weight excluding hydrogens is 546 g/mol. The lowest BCUT2D eigenvalue weighted by Crippen LogP contribution is -2.52. The monoisotopic (exact) mass is 581 g/mol. The van der Waals surface area contributed by atoms with Crippen LogP contribution in [0.25, 0.3) is 0 Å². The Morgan fingerprint density at radius 1 is 0.975 bits per heavy atom. The van der Waals surface area contributed by atoms with Crippen molar-refractivity contribution < 1.29 is 18.0 Å². The Balaban J connectivity index is 1.70. The highest BCUT2D eigenvalue weighted by atomic mass is 35.5. The number of benzene rings is 3. The van der Waals surface area contributed by atoms with Crippen molar-refractivity contribution in [3.8, 4) is 0 Å². The lowest BCUT2D eigenvalue weighted by molar-refractivity contribution is -0.139. The lowest BCUT2D eigenvalue weighted by atomic mass is 10.1. The van der Waals surface area contributed by atoms with Gasteiger partial charge >= 0.3 is 0 Å². The zero-order valence-electron chi connectivity index (χ0n) is 23.1. The van der Waals surface area contributed by atoms with Gasteiger partial charge < -0.3 is 10.2 Å². The third kappa shape index (κ3) is 7.04. The first kappa shape index (κ1) is 29.6. The fourth-order valence-corrected chi connectivity index (χ4v) is 6.84. The third-order valence-corrected chi connectivity index (χ3v) is 9.35. The van der Waals surface area contributed by atoms with Crippen molar-refractivity contribution in [2.45, 2.75) is 70.0 Å². The van der Waals surface area contributed by atoms with E-state index in [0.29, 0.717) is 16.3 Å². The quantitative estimate of drug-likeness (QED) is 0.336.